The molecule has 0 aliphatic carbocycles. The molecule has 2 aromatic rings. The molecular weight excluding hydrogens is 329 g/mol. The number of para-hydroxylation sites is 1. The zero-order chi connectivity index (χ0) is 18.7. The summed E-state index contributed by atoms with van der Waals surface area (Å²) in [6, 6.07) is 12.3. The highest BCUT2D eigenvalue weighted by Crippen LogP contribution is 2.24. The lowest BCUT2D eigenvalue weighted by Gasteiger charge is -2.39. The fourth-order valence-corrected chi connectivity index (χ4v) is 3.39. The maximum atomic E-state index is 13.7. The van der Waals surface area contributed by atoms with Crippen molar-refractivity contribution in [1.29, 1.82) is 0 Å². The number of hydrogen-bond donors (Lipinski definition) is 1. The largest absolute Gasteiger partial charge is 0.369 e. The van der Waals surface area contributed by atoms with E-state index in [1.54, 1.807) is 18.2 Å². The molecule has 1 heterocycles. The maximum absolute atomic E-state index is 13.7. The number of benzene rings is 2. The van der Waals surface area contributed by atoms with Crippen molar-refractivity contribution < 1.29 is 9.18 Å². The summed E-state index contributed by atoms with van der Waals surface area (Å²) >= 11 is 0. The molecule has 26 heavy (non-hydrogen) atoms. The zero-order valence-electron chi connectivity index (χ0n) is 15.6. The predicted molar refractivity (Wildman–Crippen MR) is 104 cm³/mol. The van der Waals surface area contributed by atoms with Crippen molar-refractivity contribution in [3.05, 3.63) is 59.4 Å². The molecule has 4 nitrogen and oxygen atoms in total. The van der Waals surface area contributed by atoms with Crippen molar-refractivity contribution in [3.8, 4) is 0 Å². The molecule has 1 saturated heterocycles. The topological polar surface area (TPSA) is 35.6 Å². The lowest BCUT2D eigenvalue weighted by molar-refractivity contribution is -0.120. The monoisotopic (exact) mass is 355 g/mol. The van der Waals surface area contributed by atoms with Crippen LogP contribution in [0, 0.1) is 19.7 Å². The van der Waals surface area contributed by atoms with Crippen LogP contribution in [0.2, 0.25) is 0 Å². The Kier molecular flexibility index (Phi) is 5.57. The van der Waals surface area contributed by atoms with Gasteiger partial charge in [-0.25, -0.2) is 4.39 Å². The standard InChI is InChI=1S/C21H26FN3O/c1-15-7-6-10-20(16(15)2)25-13-11-24(12-14-25)17(3)21(26)23-19-9-5-4-8-18(19)22/h4-10,17H,11-14H2,1-3H3,(H,23,26). The Morgan fingerprint density at radius 2 is 1.73 bits per heavy atom. The van der Waals surface area contributed by atoms with Crippen LogP contribution in [0.1, 0.15) is 18.1 Å². The van der Waals surface area contributed by atoms with Gasteiger partial charge in [-0.3, -0.25) is 9.69 Å². The molecule has 0 bridgehead atoms. The quantitative estimate of drug-likeness (QED) is 0.910. The van der Waals surface area contributed by atoms with Gasteiger partial charge in [0.1, 0.15) is 5.82 Å². The maximum Gasteiger partial charge on any atom is 0.241 e. The first-order chi connectivity index (χ1) is 12.5. The fraction of sp³-hybridized carbons (Fsp3) is 0.381. The second kappa shape index (κ2) is 7.87. The molecule has 1 amide bonds. The Morgan fingerprint density at radius 3 is 2.42 bits per heavy atom. The molecule has 0 spiro atoms. The minimum Gasteiger partial charge on any atom is -0.369 e. The number of anilines is 2. The molecule has 1 aliphatic heterocycles. The highest BCUT2D eigenvalue weighted by Gasteiger charge is 2.26. The molecule has 0 aromatic heterocycles. The number of aryl methyl sites for hydroxylation is 1. The zero-order valence-corrected chi connectivity index (χ0v) is 15.6. The summed E-state index contributed by atoms with van der Waals surface area (Å²) in [5.74, 6) is -0.580. The van der Waals surface area contributed by atoms with Gasteiger partial charge in [0.05, 0.1) is 11.7 Å². The van der Waals surface area contributed by atoms with E-state index in [0.717, 1.165) is 26.2 Å². The highest BCUT2D eigenvalue weighted by molar-refractivity contribution is 5.94. The van der Waals surface area contributed by atoms with Crippen LogP contribution < -0.4 is 10.2 Å². The van der Waals surface area contributed by atoms with Gasteiger partial charge in [-0.15, -0.1) is 0 Å². The number of amides is 1. The van der Waals surface area contributed by atoms with Gasteiger partial charge in [0.25, 0.3) is 0 Å². The number of piperazine rings is 1. The van der Waals surface area contributed by atoms with Crippen LogP contribution in [0.3, 0.4) is 0 Å². The van der Waals surface area contributed by atoms with Gasteiger partial charge in [-0.2, -0.15) is 0 Å². The molecule has 0 saturated carbocycles. The SMILES string of the molecule is Cc1cccc(N2CCN(C(C)C(=O)Nc3ccccc3F)CC2)c1C. The summed E-state index contributed by atoms with van der Waals surface area (Å²) < 4.78 is 13.7. The molecule has 2 aromatic carbocycles. The Morgan fingerprint density at radius 1 is 1.04 bits per heavy atom. The molecule has 1 atom stereocenters. The summed E-state index contributed by atoms with van der Waals surface area (Å²) in [5.41, 5.74) is 4.11. The Bertz CT molecular complexity index is 785. The second-order valence-electron chi connectivity index (χ2n) is 6.89. The van der Waals surface area contributed by atoms with Gasteiger partial charge >= 0.3 is 0 Å². The summed E-state index contributed by atoms with van der Waals surface area (Å²) in [6.45, 7) is 9.52. The van der Waals surface area contributed by atoms with Crippen molar-refractivity contribution in [2.24, 2.45) is 0 Å². The number of nitrogens with one attached hydrogen (secondary N) is 1. The molecule has 1 N–H and O–H groups in total. The average Bonchev–Trinajstić information content (AvgIpc) is 2.65. The van der Waals surface area contributed by atoms with Gasteiger partial charge in [0.2, 0.25) is 5.91 Å². The lowest BCUT2D eigenvalue weighted by atomic mass is 10.1. The van der Waals surface area contributed by atoms with Gasteiger partial charge in [0, 0.05) is 31.9 Å². The van der Waals surface area contributed by atoms with E-state index < -0.39 is 5.82 Å². The van der Waals surface area contributed by atoms with E-state index in [1.165, 1.54) is 22.9 Å². The summed E-state index contributed by atoms with van der Waals surface area (Å²) in [5, 5.41) is 2.70. The minimum absolute atomic E-state index is 0.171. The van der Waals surface area contributed by atoms with E-state index in [4.69, 9.17) is 0 Å². The first-order valence-electron chi connectivity index (χ1n) is 9.08. The third-order valence-corrected chi connectivity index (χ3v) is 5.29. The Balaban J connectivity index is 1.59. The van der Waals surface area contributed by atoms with Gasteiger partial charge < -0.3 is 10.2 Å². The summed E-state index contributed by atoms with van der Waals surface area (Å²) in [7, 11) is 0. The molecule has 3 rings (SSSR count). The average molecular weight is 355 g/mol. The summed E-state index contributed by atoms with van der Waals surface area (Å²) in [4.78, 5) is 17.0. The molecule has 1 fully saturated rings. The number of nitrogens with zero attached hydrogens (tertiary/aromatic N) is 2. The smallest absolute Gasteiger partial charge is 0.241 e. The number of halogens is 1. The van der Waals surface area contributed by atoms with E-state index in [0.29, 0.717) is 0 Å². The highest BCUT2D eigenvalue weighted by atomic mass is 19.1. The van der Waals surface area contributed by atoms with E-state index >= 15 is 0 Å². The molecule has 138 valence electrons. The molecule has 5 heteroatoms. The van der Waals surface area contributed by atoms with Crippen LogP contribution in [0.25, 0.3) is 0 Å². The lowest BCUT2D eigenvalue weighted by Crippen LogP contribution is -2.53. The fourth-order valence-electron chi connectivity index (χ4n) is 3.39. The van der Waals surface area contributed by atoms with Crippen molar-refractivity contribution >= 4 is 17.3 Å². The predicted octanol–water partition coefficient (Wildman–Crippen LogP) is 3.59. The van der Waals surface area contributed by atoms with Crippen LogP contribution in [0.15, 0.2) is 42.5 Å². The van der Waals surface area contributed by atoms with Gasteiger partial charge in [-0.1, -0.05) is 24.3 Å². The van der Waals surface area contributed by atoms with Crippen molar-refractivity contribution in [3.63, 3.8) is 0 Å². The third-order valence-electron chi connectivity index (χ3n) is 5.29. The van der Waals surface area contributed by atoms with Gasteiger partial charge in [-0.05, 0) is 50.1 Å². The van der Waals surface area contributed by atoms with Crippen molar-refractivity contribution in [2.45, 2.75) is 26.8 Å². The van der Waals surface area contributed by atoms with Crippen LogP contribution in [0.5, 0.6) is 0 Å². The van der Waals surface area contributed by atoms with Crippen LogP contribution in [-0.2, 0) is 4.79 Å². The number of carbonyl (C=O) groups excluding carboxylic acids is 1. The number of rotatable bonds is 4. The van der Waals surface area contributed by atoms with E-state index in [9.17, 15) is 9.18 Å². The molecule has 1 aliphatic rings. The minimum atomic E-state index is -0.409. The molecule has 1 unspecified atom stereocenters. The Labute approximate surface area is 154 Å². The van der Waals surface area contributed by atoms with Gasteiger partial charge in [0.15, 0.2) is 0 Å². The molecule has 0 radical (unpaired) electrons. The van der Waals surface area contributed by atoms with Crippen LogP contribution in [-0.4, -0.2) is 43.0 Å². The second-order valence-corrected chi connectivity index (χ2v) is 6.89. The first-order valence-corrected chi connectivity index (χ1v) is 9.08. The first kappa shape index (κ1) is 18.4. The van der Waals surface area contributed by atoms with E-state index in [1.807, 2.05) is 6.92 Å². The van der Waals surface area contributed by atoms with Crippen molar-refractivity contribution in [1.82, 2.24) is 4.90 Å². The van der Waals surface area contributed by atoms with E-state index in [2.05, 4.69) is 47.2 Å². The van der Waals surface area contributed by atoms with Crippen molar-refractivity contribution in [2.75, 3.05) is 36.4 Å². The van der Waals surface area contributed by atoms with Crippen LogP contribution >= 0.6 is 0 Å². The van der Waals surface area contributed by atoms with E-state index in [-0.39, 0.29) is 17.6 Å². The normalized spacial score (nSPS) is 16.4. The third kappa shape index (κ3) is 3.88. The van der Waals surface area contributed by atoms with Crippen LogP contribution in [0.4, 0.5) is 15.8 Å². The number of carbonyl (C=O) groups is 1. The Hall–Kier alpha value is -2.40. The number of hydrogen-bond acceptors (Lipinski definition) is 3. The summed E-state index contributed by atoms with van der Waals surface area (Å²) in [6.07, 6.45) is 0. The molecular formula is C21H26FN3O.